The van der Waals surface area contributed by atoms with E-state index in [0.717, 1.165) is 29.8 Å². The van der Waals surface area contributed by atoms with Crippen LogP contribution in [0.1, 0.15) is 70.1 Å². The first kappa shape index (κ1) is 32.5. The van der Waals surface area contributed by atoms with Gasteiger partial charge in [-0.1, -0.05) is 140 Å². The first-order valence-corrected chi connectivity index (χ1v) is 21.8. The minimum Gasteiger partial charge on any atom is -0.294 e. The number of nitrogens with zero attached hydrogens (tertiary/aromatic N) is 2. The van der Waals surface area contributed by atoms with Crippen LogP contribution in [-0.2, 0) is 27.1 Å². The molecule has 0 saturated carbocycles. The molecule has 58 heavy (non-hydrogen) atoms. The lowest BCUT2D eigenvalue weighted by Gasteiger charge is -2.49. The van der Waals surface area contributed by atoms with Crippen molar-refractivity contribution in [3.8, 4) is 27.9 Å². The Hall–Kier alpha value is -6.56. The highest BCUT2D eigenvalue weighted by Gasteiger charge is 2.59. The van der Waals surface area contributed by atoms with E-state index in [1.165, 1.54) is 66.8 Å². The van der Waals surface area contributed by atoms with Crippen molar-refractivity contribution in [3.05, 3.63) is 220 Å². The van der Waals surface area contributed by atoms with Gasteiger partial charge in [-0.3, -0.25) is 4.57 Å². The normalized spacial score (nSPS) is 20.7. The van der Waals surface area contributed by atoms with Gasteiger partial charge in [-0.05, 0) is 121 Å². The minimum atomic E-state index is -3.81. The highest BCUT2D eigenvalue weighted by atomic mass is 32.2. The van der Waals surface area contributed by atoms with E-state index in [9.17, 15) is 8.42 Å². The second-order valence-electron chi connectivity index (χ2n) is 16.3. The zero-order valence-electron chi connectivity index (χ0n) is 31.8. The Bertz CT molecular complexity index is 3320. The fraction of sp³-hybridized carbons (Fsp3) is 0.113. The summed E-state index contributed by atoms with van der Waals surface area (Å²) in [6.45, 7) is 2.07. The summed E-state index contributed by atoms with van der Waals surface area (Å²) >= 11 is 0. The lowest BCUT2D eigenvalue weighted by molar-refractivity contribution is 0.594. The Kier molecular flexibility index (Phi) is 6.22. The summed E-state index contributed by atoms with van der Waals surface area (Å²) in [4.78, 5) is 5.48. The molecule has 13 rings (SSSR count). The predicted molar refractivity (Wildman–Crippen MR) is 230 cm³/mol. The summed E-state index contributed by atoms with van der Waals surface area (Å²) in [6, 6.07) is 54.6. The van der Waals surface area contributed by atoms with Gasteiger partial charge in [-0.15, -0.1) is 0 Å². The van der Waals surface area contributed by atoms with E-state index in [4.69, 9.17) is 4.98 Å². The number of fused-ring (bicyclic) bond motifs is 17. The lowest BCUT2D eigenvalue weighted by Crippen LogP contribution is -2.44. The van der Waals surface area contributed by atoms with Crippen molar-refractivity contribution in [1.29, 1.82) is 0 Å². The summed E-state index contributed by atoms with van der Waals surface area (Å²) in [7, 11) is -3.81. The molecule has 1 aliphatic heterocycles. The molecule has 7 aromatic carbocycles. The van der Waals surface area contributed by atoms with Gasteiger partial charge in [0.1, 0.15) is 5.82 Å². The highest BCUT2D eigenvalue weighted by molar-refractivity contribution is 7.92. The number of aryl methyl sites for hydroxylation is 1. The number of hydrogen-bond donors (Lipinski definition) is 0. The van der Waals surface area contributed by atoms with Crippen molar-refractivity contribution >= 4 is 26.4 Å². The number of allylic oxidation sites excluding steroid dienone is 4. The summed E-state index contributed by atoms with van der Waals surface area (Å²) < 4.78 is 31.0. The second kappa shape index (κ2) is 11.1. The molecule has 0 radical (unpaired) electrons. The number of imidazole rings is 1. The average molecular weight is 765 g/mol. The Morgan fingerprint density at radius 1 is 0.586 bits per heavy atom. The third-order valence-corrected chi connectivity index (χ3v) is 15.7. The van der Waals surface area contributed by atoms with Crippen LogP contribution in [0.2, 0.25) is 0 Å². The molecule has 0 saturated heterocycles. The summed E-state index contributed by atoms with van der Waals surface area (Å²) in [5.41, 5.74) is 18.6. The van der Waals surface area contributed by atoms with Crippen LogP contribution in [0.3, 0.4) is 0 Å². The number of sulfone groups is 1. The number of aromatic nitrogens is 2. The van der Waals surface area contributed by atoms with Crippen molar-refractivity contribution in [3.63, 3.8) is 0 Å². The van der Waals surface area contributed by atoms with Crippen LogP contribution in [0.15, 0.2) is 179 Å². The molecule has 0 N–H and O–H groups in total. The first-order chi connectivity index (χ1) is 28.5. The Balaban J connectivity index is 1.09. The molecule has 0 bridgehead atoms. The molecular formula is C53H36N2O2S. The number of rotatable bonds is 2. The fourth-order valence-corrected chi connectivity index (χ4v) is 13.5. The van der Waals surface area contributed by atoms with Gasteiger partial charge in [0, 0.05) is 6.42 Å². The molecular weight excluding hydrogens is 729 g/mol. The molecule has 2 heterocycles. The van der Waals surface area contributed by atoms with E-state index in [1.54, 1.807) is 12.1 Å². The largest absolute Gasteiger partial charge is 0.294 e. The van der Waals surface area contributed by atoms with Crippen LogP contribution in [0.5, 0.6) is 0 Å². The molecule has 4 nitrogen and oxygen atoms in total. The molecule has 8 aromatic rings. The maximum Gasteiger partial charge on any atom is 0.210 e. The van der Waals surface area contributed by atoms with Crippen molar-refractivity contribution < 1.29 is 8.42 Å². The van der Waals surface area contributed by atoms with Gasteiger partial charge in [-0.25, -0.2) is 13.4 Å². The van der Waals surface area contributed by atoms with Gasteiger partial charge in [0.25, 0.3) is 0 Å². The monoisotopic (exact) mass is 764 g/mol. The van der Waals surface area contributed by atoms with Crippen molar-refractivity contribution in [1.82, 2.24) is 9.55 Å². The highest BCUT2D eigenvalue weighted by Crippen LogP contribution is 2.68. The van der Waals surface area contributed by atoms with Gasteiger partial charge in [0.2, 0.25) is 9.84 Å². The van der Waals surface area contributed by atoms with Crippen LogP contribution in [-0.4, -0.2) is 18.0 Å². The number of hydrogen-bond acceptors (Lipinski definition) is 3. The van der Waals surface area contributed by atoms with E-state index >= 15 is 0 Å². The van der Waals surface area contributed by atoms with Gasteiger partial charge in [-0.2, -0.15) is 0 Å². The van der Waals surface area contributed by atoms with E-state index in [1.807, 2.05) is 18.2 Å². The smallest absolute Gasteiger partial charge is 0.210 e. The molecule has 2 spiro atoms. The van der Waals surface area contributed by atoms with Crippen LogP contribution < -0.4 is 0 Å². The number of benzene rings is 7. The zero-order valence-corrected chi connectivity index (χ0v) is 32.6. The van der Waals surface area contributed by atoms with Crippen molar-refractivity contribution in [2.24, 2.45) is 0 Å². The molecule has 4 aliphatic carbocycles. The van der Waals surface area contributed by atoms with E-state index in [0.29, 0.717) is 32.9 Å². The summed E-state index contributed by atoms with van der Waals surface area (Å²) in [5, 5.41) is 0. The molecule has 0 unspecified atom stereocenters. The minimum absolute atomic E-state index is 0.315. The van der Waals surface area contributed by atoms with Crippen molar-refractivity contribution in [2.45, 2.75) is 46.8 Å². The molecule has 5 aliphatic rings. The Labute approximate surface area is 337 Å². The van der Waals surface area contributed by atoms with Gasteiger partial charge >= 0.3 is 0 Å². The molecule has 1 aromatic heterocycles. The Morgan fingerprint density at radius 3 is 1.91 bits per heavy atom. The van der Waals surface area contributed by atoms with Crippen LogP contribution in [0.25, 0.3) is 44.5 Å². The fourth-order valence-electron chi connectivity index (χ4n) is 11.8. The zero-order chi connectivity index (χ0) is 38.5. The third-order valence-electron chi connectivity index (χ3n) is 13.9. The van der Waals surface area contributed by atoms with Crippen LogP contribution >= 0.6 is 0 Å². The van der Waals surface area contributed by atoms with E-state index in [-0.39, 0.29) is 0 Å². The Morgan fingerprint density at radius 2 is 1.19 bits per heavy atom. The van der Waals surface area contributed by atoms with E-state index < -0.39 is 20.7 Å². The van der Waals surface area contributed by atoms with Crippen LogP contribution in [0.4, 0.5) is 0 Å². The maximum atomic E-state index is 14.5. The molecule has 0 fully saturated rings. The predicted octanol–water partition coefficient (Wildman–Crippen LogP) is 11.5. The molecule has 5 heteroatoms. The second-order valence-corrected chi connectivity index (χ2v) is 18.2. The lowest BCUT2D eigenvalue weighted by atomic mass is 9.51. The average Bonchev–Trinajstić information content (AvgIpc) is 3.90. The van der Waals surface area contributed by atoms with E-state index in [2.05, 4.69) is 145 Å². The van der Waals surface area contributed by atoms with Crippen LogP contribution in [0, 0.1) is 0 Å². The molecule has 276 valence electrons. The maximum absolute atomic E-state index is 14.5. The standard InChI is InChI=1S/C53H36N2O2S/c1-2-50-54-46-24-13-25-48-51(46)55(50)47-29-27-33(31-49(47)58(48,56)57)32-26-28-37-36-16-5-8-19-40(36)53(45(37)30-32)43-22-11-9-20-41(43)52(42-21-10-12-23-44(42)53)38-17-6-3-14-34(38)35-15-4-7-18-39(35)52/h3-6,8-17,19-31H,2,7,18H2,1H3. The number of para-hydroxylation sites is 1. The molecule has 0 amide bonds. The van der Waals surface area contributed by atoms with Gasteiger partial charge in [0.15, 0.2) is 0 Å². The third kappa shape index (κ3) is 3.64. The summed E-state index contributed by atoms with van der Waals surface area (Å²) in [6.07, 6.45) is 7.42. The van der Waals surface area contributed by atoms with Crippen molar-refractivity contribution in [2.75, 3.05) is 0 Å². The molecule has 0 atom stereocenters. The first-order valence-electron chi connectivity index (χ1n) is 20.3. The topological polar surface area (TPSA) is 52.0 Å². The van der Waals surface area contributed by atoms with Gasteiger partial charge in [0.05, 0.1) is 37.3 Å². The quantitative estimate of drug-likeness (QED) is 0.176. The van der Waals surface area contributed by atoms with Gasteiger partial charge < -0.3 is 0 Å². The summed E-state index contributed by atoms with van der Waals surface area (Å²) in [5.74, 6) is 0.855. The SMILES string of the molecule is CCc1nc2cccc3c2n1-c1ccc(-c2ccc4c(c2)C2(c5ccccc5-4)c4ccccc4C4(C5=C(C=CCC5)c5ccccc54)c4ccccc42)cc1S3(=O)=O.